The van der Waals surface area contributed by atoms with Crippen LogP contribution in [0.4, 0.5) is 5.82 Å². The average Bonchev–Trinajstić information content (AvgIpc) is 2.42. The summed E-state index contributed by atoms with van der Waals surface area (Å²) in [7, 11) is 0. The quantitative estimate of drug-likeness (QED) is 0.715. The largest absolute Gasteiger partial charge is 0.351 e. The van der Waals surface area contributed by atoms with Crippen molar-refractivity contribution in [2.45, 2.75) is 13.0 Å². The highest BCUT2D eigenvalue weighted by Crippen LogP contribution is 2.33. The number of hydrogen-bond acceptors (Lipinski definition) is 2. The first kappa shape index (κ1) is 13.0. The summed E-state index contributed by atoms with van der Waals surface area (Å²) in [5.41, 5.74) is 2.69. The molecule has 98 valence electrons. The predicted octanol–water partition coefficient (Wildman–Crippen LogP) is 4.60. The lowest BCUT2D eigenvalue weighted by molar-refractivity contribution is 0.721. The number of fused-ring (bicyclic) bond motifs is 1. The van der Waals surface area contributed by atoms with Gasteiger partial charge in [-0.2, -0.15) is 0 Å². The van der Waals surface area contributed by atoms with Gasteiger partial charge in [0.1, 0.15) is 11.0 Å². The van der Waals surface area contributed by atoms with Gasteiger partial charge in [-0.25, -0.2) is 4.98 Å². The first-order chi connectivity index (χ1) is 9.15. The summed E-state index contributed by atoms with van der Waals surface area (Å²) in [5, 5.41) is 1.21. The SMILES string of the molecule is Clc1cc(Cl)c(N2CCc3ccccc3C2)nc1Cl. The van der Waals surface area contributed by atoms with Crippen molar-refractivity contribution in [1.82, 2.24) is 4.98 Å². The van der Waals surface area contributed by atoms with Gasteiger partial charge >= 0.3 is 0 Å². The molecule has 19 heavy (non-hydrogen) atoms. The van der Waals surface area contributed by atoms with E-state index in [-0.39, 0.29) is 0 Å². The summed E-state index contributed by atoms with van der Waals surface area (Å²) in [6.45, 7) is 1.67. The molecule has 0 aliphatic carbocycles. The Balaban J connectivity index is 1.95. The van der Waals surface area contributed by atoms with Crippen molar-refractivity contribution in [3.8, 4) is 0 Å². The fourth-order valence-electron chi connectivity index (χ4n) is 2.33. The molecule has 1 aliphatic rings. The Labute approximate surface area is 126 Å². The molecule has 0 saturated carbocycles. The number of rotatable bonds is 1. The molecule has 0 amide bonds. The first-order valence-corrected chi connectivity index (χ1v) is 7.12. The van der Waals surface area contributed by atoms with Crippen LogP contribution in [-0.4, -0.2) is 11.5 Å². The zero-order valence-corrected chi connectivity index (χ0v) is 12.3. The number of nitrogens with zero attached hydrogens (tertiary/aromatic N) is 2. The molecule has 2 heterocycles. The fourth-order valence-corrected chi connectivity index (χ4v) is 2.95. The highest BCUT2D eigenvalue weighted by Gasteiger charge is 2.20. The average molecular weight is 314 g/mol. The Morgan fingerprint density at radius 3 is 2.53 bits per heavy atom. The Hall–Kier alpha value is -0.960. The van der Waals surface area contributed by atoms with E-state index in [1.807, 2.05) is 6.07 Å². The van der Waals surface area contributed by atoms with Gasteiger partial charge in [-0.15, -0.1) is 0 Å². The first-order valence-electron chi connectivity index (χ1n) is 5.98. The van der Waals surface area contributed by atoms with E-state index in [1.165, 1.54) is 11.1 Å². The zero-order valence-electron chi connectivity index (χ0n) is 10.0. The van der Waals surface area contributed by atoms with Crippen molar-refractivity contribution in [2.75, 3.05) is 11.4 Å². The molecule has 0 atom stereocenters. The topological polar surface area (TPSA) is 16.1 Å². The minimum atomic E-state index is 0.292. The van der Waals surface area contributed by atoms with E-state index < -0.39 is 0 Å². The van der Waals surface area contributed by atoms with Crippen LogP contribution in [0.15, 0.2) is 30.3 Å². The summed E-state index contributed by atoms with van der Waals surface area (Å²) < 4.78 is 0. The monoisotopic (exact) mass is 312 g/mol. The van der Waals surface area contributed by atoms with Gasteiger partial charge in [0.2, 0.25) is 0 Å². The lowest BCUT2D eigenvalue weighted by atomic mass is 10.00. The lowest BCUT2D eigenvalue weighted by Gasteiger charge is -2.30. The van der Waals surface area contributed by atoms with Crippen LogP contribution in [-0.2, 0) is 13.0 Å². The van der Waals surface area contributed by atoms with Crippen LogP contribution in [0.3, 0.4) is 0 Å². The maximum atomic E-state index is 6.21. The van der Waals surface area contributed by atoms with Gasteiger partial charge in [0, 0.05) is 13.1 Å². The van der Waals surface area contributed by atoms with E-state index in [9.17, 15) is 0 Å². The Morgan fingerprint density at radius 1 is 1.00 bits per heavy atom. The van der Waals surface area contributed by atoms with Gasteiger partial charge in [-0.1, -0.05) is 59.1 Å². The second kappa shape index (κ2) is 5.20. The van der Waals surface area contributed by atoms with E-state index in [0.717, 1.165) is 19.5 Å². The van der Waals surface area contributed by atoms with Crippen molar-refractivity contribution >= 4 is 40.6 Å². The van der Waals surface area contributed by atoms with E-state index in [2.05, 4.69) is 28.1 Å². The number of pyridine rings is 1. The molecule has 0 fully saturated rings. The molecule has 0 spiro atoms. The summed E-state index contributed by atoms with van der Waals surface area (Å²) in [6.07, 6.45) is 0.981. The van der Waals surface area contributed by atoms with Crippen LogP contribution in [0.5, 0.6) is 0 Å². The Bertz CT molecular complexity index is 628. The van der Waals surface area contributed by atoms with Gasteiger partial charge in [-0.3, -0.25) is 0 Å². The highest BCUT2D eigenvalue weighted by atomic mass is 35.5. The molecular formula is C14H11Cl3N2. The van der Waals surface area contributed by atoms with Crippen LogP contribution in [0.2, 0.25) is 15.2 Å². The molecule has 5 heteroatoms. The van der Waals surface area contributed by atoms with Gasteiger partial charge < -0.3 is 4.90 Å². The van der Waals surface area contributed by atoms with Gasteiger partial charge in [0.05, 0.1) is 10.0 Å². The predicted molar refractivity (Wildman–Crippen MR) is 80.5 cm³/mol. The molecule has 3 rings (SSSR count). The zero-order chi connectivity index (χ0) is 13.4. The molecule has 0 bridgehead atoms. The maximum Gasteiger partial charge on any atom is 0.150 e. The number of anilines is 1. The molecule has 0 unspecified atom stereocenters. The number of hydrogen-bond donors (Lipinski definition) is 0. The molecule has 0 radical (unpaired) electrons. The molecular weight excluding hydrogens is 303 g/mol. The summed E-state index contributed by atoms with van der Waals surface area (Å²) in [6, 6.07) is 10.1. The minimum absolute atomic E-state index is 0.292. The minimum Gasteiger partial charge on any atom is -0.351 e. The van der Waals surface area contributed by atoms with Crippen LogP contribution >= 0.6 is 34.8 Å². The van der Waals surface area contributed by atoms with Gasteiger partial charge in [0.15, 0.2) is 0 Å². The maximum absolute atomic E-state index is 6.21. The van der Waals surface area contributed by atoms with E-state index in [4.69, 9.17) is 34.8 Å². The van der Waals surface area contributed by atoms with Crippen LogP contribution < -0.4 is 4.90 Å². The number of halogens is 3. The molecule has 1 aromatic carbocycles. The molecule has 0 saturated heterocycles. The van der Waals surface area contributed by atoms with Crippen molar-refractivity contribution in [3.63, 3.8) is 0 Å². The fraction of sp³-hybridized carbons (Fsp3) is 0.214. The van der Waals surface area contributed by atoms with Crippen molar-refractivity contribution < 1.29 is 0 Å². The van der Waals surface area contributed by atoms with E-state index in [1.54, 1.807) is 6.07 Å². The standard InChI is InChI=1S/C14H11Cl3N2/c15-11-7-12(16)14(18-13(11)17)19-6-5-9-3-1-2-4-10(9)8-19/h1-4,7H,5-6,8H2. The molecule has 2 nitrogen and oxygen atoms in total. The van der Waals surface area contributed by atoms with E-state index >= 15 is 0 Å². The van der Waals surface area contributed by atoms with Crippen LogP contribution in [0.1, 0.15) is 11.1 Å². The van der Waals surface area contributed by atoms with E-state index in [0.29, 0.717) is 21.0 Å². The van der Waals surface area contributed by atoms with Gasteiger partial charge in [0.25, 0.3) is 0 Å². The Morgan fingerprint density at radius 2 is 1.74 bits per heavy atom. The lowest BCUT2D eigenvalue weighted by Crippen LogP contribution is -2.31. The Kier molecular flexibility index (Phi) is 3.57. The second-order valence-electron chi connectivity index (χ2n) is 4.51. The third-order valence-electron chi connectivity index (χ3n) is 3.30. The summed E-state index contributed by atoms with van der Waals surface area (Å²) >= 11 is 18.1. The normalized spacial score (nSPS) is 14.4. The van der Waals surface area contributed by atoms with Crippen LogP contribution in [0, 0.1) is 0 Å². The number of benzene rings is 1. The van der Waals surface area contributed by atoms with Crippen LogP contribution in [0.25, 0.3) is 0 Å². The smallest absolute Gasteiger partial charge is 0.150 e. The highest BCUT2D eigenvalue weighted by molar-refractivity contribution is 6.42. The molecule has 0 N–H and O–H groups in total. The molecule has 2 aromatic rings. The van der Waals surface area contributed by atoms with Crippen molar-refractivity contribution in [1.29, 1.82) is 0 Å². The summed E-state index contributed by atoms with van der Waals surface area (Å²) in [4.78, 5) is 6.43. The third kappa shape index (κ3) is 2.53. The molecule has 1 aromatic heterocycles. The summed E-state index contributed by atoms with van der Waals surface area (Å²) in [5.74, 6) is 0.700. The van der Waals surface area contributed by atoms with Crippen molar-refractivity contribution in [3.05, 3.63) is 56.7 Å². The third-order valence-corrected chi connectivity index (χ3v) is 4.25. The molecule has 1 aliphatic heterocycles. The van der Waals surface area contributed by atoms with Crippen molar-refractivity contribution in [2.24, 2.45) is 0 Å². The second-order valence-corrected chi connectivity index (χ2v) is 5.68. The van der Waals surface area contributed by atoms with Gasteiger partial charge in [-0.05, 0) is 23.6 Å². The number of aromatic nitrogens is 1.